The van der Waals surface area contributed by atoms with Crippen molar-refractivity contribution in [1.82, 2.24) is 0 Å². The Balaban J connectivity index is 2.53. The first-order valence-corrected chi connectivity index (χ1v) is 6.72. The predicted molar refractivity (Wildman–Crippen MR) is 60.8 cm³/mol. The molecule has 0 amide bonds. The number of Topliss-reactive ketones (excluding diaryl/α,β-unsaturated/α-hetero) is 1. The van der Waals surface area contributed by atoms with Crippen molar-refractivity contribution in [2.45, 2.75) is 29.9 Å². The maximum absolute atomic E-state index is 12.3. The molecule has 0 aliphatic heterocycles. The average Bonchev–Trinajstić information content (AvgIpc) is 2.93. The Kier molecular flexibility index (Phi) is 2.42. The van der Waals surface area contributed by atoms with E-state index in [0.717, 1.165) is 0 Å². The zero-order chi connectivity index (χ0) is 12.0. The van der Waals surface area contributed by atoms with E-state index in [9.17, 15) is 13.2 Å². The molecule has 1 aromatic carbocycles. The zero-order valence-corrected chi connectivity index (χ0v) is 10.1. The molecular formula is C12H14O3S. The van der Waals surface area contributed by atoms with Gasteiger partial charge in [-0.25, -0.2) is 8.42 Å². The van der Waals surface area contributed by atoms with E-state index in [1.807, 2.05) is 6.92 Å². The number of hydrogen-bond donors (Lipinski definition) is 0. The predicted octanol–water partition coefficient (Wildman–Crippen LogP) is 1.83. The minimum atomic E-state index is -3.53. The number of hydrogen-bond acceptors (Lipinski definition) is 3. The number of rotatable bonds is 3. The highest BCUT2D eigenvalue weighted by Crippen LogP contribution is 2.52. The van der Waals surface area contributed by atoms with Gasteiger partial charge in [0.05, 0.1) is 4.90 Å². The highest BCUT2D eigenvalue weighted by Gasteiger charge is 2.65. The molecule has 0 bridgehead atoms. The van der Waals surface area contributed by atoms with Gasteiger partial charge in [-0.15, -0.1) is 0 Å². The Labute approximate surface area is 95.4 Å². The molecule has 1 aliphatic rings. The summed E-state index contributed by atoms with van der Waals surface area (Å²) in [6.07, 6.45) is 0.444. The normalized spacial score (nSPS) is 28.8. The quantitative estimate of drug-likeness (QED) is 0.807. The first-order chi connectivity index (χ1) is 7.43. The van der Waals surface area contributed by atoms with Crippen molar-refractivity contribution in [3.8, 4) is 0 Å². The summed E-state index contributed by atoms with van der Waals surface area (Å²) in [4.78, 5) is 11.8. The van der Waals surface area contributed by atoms with Crippen molar-refractivity contribution in [2.24, 2.45) is 5.92 Å². The molecule has 2 rings (SSSR count). The number of sulfone groups is 1. The molecule has 2 atom stereocenters. The lowest BCUT2D eigenvalue weighted by Crippen LogP contribution is -2.32. The van der Waals surface area contributed by atoms with Crippen LogP contribution in [0.3, 0.4) is 0 Å². The van der Waals surface area contributed by atoms with Gasteiger partial charge in [0.15, 0.2) is 15.6 Å². The van der Waals surface area contributed by atoms with E-state index in [-0.39, 0.29) is 16.6 Å². The van der Waals surface area contributed by atoms with Crippen LogP contribution < -0.4 is 0 Å². The van der Waals surface area contributed by atoms with Crippen LogP contribution in [0.25, 0.3) is 0 Å². The Bertz CT molecular complexity index is 518. The maximum Gasteiger partial charge on any atom is 0.191 e. The lowest BCUT2D eigenvalue weighted by atomic mass is 10.2. The molecule has 0 heterocycles. The van der Waals surface area contributed by atoms with Crippen LogP contribution in [-0.2, 0) is 14.6 Å². The topological polar surface area (TPSA) is 51.2 Å². The van der Waals surface area contributed by atoms with Gasteiger partial charge in [-0.1, -0.05) is 25.1 Å². The van der Waals surface area contributed by atoms with E-state index in [4.69, 9.17) is 0 Å². The number of carbonyl (C=O) groups excluding carboxylic acids is 1. The first-order valence-electron chi connectivity index (χ1n) is 5.23. The van der Waals surface area contributed by atoms with Gasteiger partial charge in [0.2, 0.25) is 0 Å². The molecule has 1 fully saturated rings. The molecule has 3 nitrogen and oxygen atoms in total. The second kappa shape index (κ2) is 3.42. The second-order valence-electron chi connectivity index (χ2n) is 4.37. The Morgan fingerprint density at radius 2 is 1.81 bits per heavy atom. The van der Waals surface area contributed by atoms with E-state index in [2.05, 4.69) is 0 Å². The minimum Gasteiger partial charge on any atom is -0.298 e. The van der Waals surface area contributed by atoms with E-state index >= 15 is 0 Å². The van der Waals surface area contributed by atoms with Crippen LogP contribution >= 0.6 is 0 Å². The van der Waals surface area contributed by atoms with Crippen LogP contribution in [0.1, 0.15) is 20.3 Å². The van der Waals surface area contributed by atoms with Gasteiger partial charge in [0.1, 0.15) is 4.75 Å². The summed E-state index contributed by atoms with van der Waals surface area (Å²) in [5, 5.41) is 0. The lowest BCUT2D eigenvalue weighted by molar-refractivity contribution is -0.117. The SMILES string of the molecule is CC(=O)[C@@]1(S(=O)(=O)c2ccccc2)C[C@H]1C. The zero-order valence-electron chi connectivity index (χ0n) is 9.30. The highest BCUT2D eigenvalue weighted by molar-refractivity contribution is 7.94. The largest absolute Gasteiger partial charge is 0.298 e. The maximum atomic E-state index is 12.3. The molecule has 4 heteroatoms. The van der Waals surface area contributed by atoms with E-state index < -0.39 is 14.6 Å². The van der Waals surface area contributed by atoms with Crippen molar-refractivity contribution >= 4 is 15.6 Å². The standard InChI is InChI=1S/C12H14O3S/c1-9-8-12(9,10(2)13)16(14,15)11-6-4-3-5-7-11/h3-7,9H,8H2,1-2H3/t9-,12-/m1/s1. The number of ketones is 1. The van der Waals surface area contributed by atoms with Gasteiger partial charge in [-0.3, -0.25) is 4.79 Å². The Morgan fingerprint density at radius 3 is 2.19 bits per heavy atom. The summed E-state index contributed by atoms with van der Waals surface area (Å²) in [5.41, 5.74) is 0. The third-order valence-corrected chi connectivity index (χ3v) is 6.08. The van der Waals surface area contributed by atoms with Crippen LogP contribution in [0.4, 0.5) is 0 Å². The molecule has 16 heavy (non-hydrogen) atoms. The van der Waals surface area contributed by atoms with Crippen molar-refractivity contribution in [2.75, 3.05) is 0 Å². The fraction of sp³-hybridized carbons (Fsp3) is 0.417. The number of benzene rings is 1. The van der Waals surface area contributed by atoms with Crippen molar-refractivity contribution in [3.05, 3.63) is 30.3 Å². The molecule has 0 radical (unpaired) electrons. The van der Waals surface area contributed by atoms with Gasteiger partial charge in [-0.05, 0) is 31.4 Å². The number of carbonyl (C=O) groups is 1. The molecular weight excluding hydrogens is 224 g/mol. The van der Waals surface area contributed by atoms with E-state index in [1.165, 1.54) is 6.92 Å². The summed E-state index contributed by atoms with van der Waals surface area (Å²) >= 11 is 0. The molecule has 0 unspecified atom stereocenters. The Morgan fingerprint density at radius 1 is 1.31 bits per heavy atom. The molecule has 0 saturated heterocycles. The van der Waals surface area contributed by atoms with Crippen molar-refractivity contribution in [1.29, 1.82) is 0 Å². The fourth-order valence-electron chi connectivity index (χ4n) is 2.26. The molecule has 1 saturated carbocycles. The minimum absolute atomic E-state index is 0.0739. The monoisotopic (exact) mass is 238 g/mol. The third kappa shape index (κ3) is 1.33. The van der Waals surface area contributed by atoms with E-state index in [1.54, 1.807) is 30.3 Å². The average molecular weight is 238 g/mol. The van der Waals surface area contributed by atoms with Crippen molar-refractivity contribution < 1.29 is 13.2 Å². The van der Waals surface area contributed by atoms with Crippen LogP contribution in [-0.4, -0.2) is 18.9 Å². The summed E-state index contributed by atoms with van der Waals surface area (Å²) in [5.74, 6) is -0.320. The third-order valence-electron chi connectivity index (χ3n) is 3.37. The van der Waals surface area contributed by atoms with Gasteiger partial charge >= 0.3 is 0 Å². The molecule has 0 aromatic heterocycles. The summed E-state index contributed by atoms with van der Waals surface area (Å²) in [6, 6.07) is 8.20. The van der Waals surface area contributed by atoms with Gasteiger partial charge < -0.3 is 0 Å². The van der Waals surface area contributed by atoms with Crippen LogP contribution in [0.5, 0.6) is 0 Å². The summed E-state index contributed by atoms with van der Waals surface area (Å²) < 4.78 is 23.5. The molecule has 0 N–H and O–H groups in total. The van der Waals surface area contributed by atoms with Crippen LogP contribution in [0, 0.1) is 5.92 Å². The lowest BCUT2D eigenvalue weighted by Gasteiger charge is -2.14. The first kappa shape index (κ1) is 11.3. The van der Waals surface area contributed by atoms with E-state index in [0.29, 0.717) is 6.42 Å². The Hall–Kier alpha value is -1.16. The summed E-state index contributed by atoms with van der Waals surface area (Å²) in [6.45, 7) is 3.17. The van der Waals surface area contributed by atoms with Gasteiger partial charge in [0.25, 0.3) is 0 Å². The van der Waals surface area contributed by atoms with Gasteiger partial charge in [0, 0.05) is 0 Å². The van der Waals surface area contributed by atoms with Crippen LogP contribution in [0.15, 0.2) is 35.2 Å². The fourth-order valence-corrected chi connectivity index (χ4v) is 4.57. The molecule has 1 aromatic rings. The van der Waals surface area contributed by atoms with Gasteiger partial charge in [-0.2, -0.15) is 0 Å². The second-order valence-corrected chi connectivity index (χ2v) is 6.57. The molecule has 1 aliphatic carbocycles. The van der Waals surface area contributed by atoms with Crippen LogP contribution in [0.2, 0.25) is 0 Å². The molecule has 0 spiro atoms. The molecule has 86 valence electrons. The smallest absolute Gasteiger partial charge is 0.191 e. The van der Waals surface area contributed by atoms with Crippen molar-refractivity contribution in [3.63, 3.8) is 0 Å². The highest BCUT2D eigenvalue weighted by atomic mass is 32.2. The summed E-state index contributed by atoms with van der Waals surface area (Å²) in [7, 11) is -3.53.